The topological polar surface area (TPSA) is 48.1 Å². The molecule has 0 unspecified atom stereocenters. The Labute approximate surface area is 157 Å². The highest BCUT2D eigenvalue weighted by molar-refractivity contribution is 7.09. The SMILES string of the molecule is CCCCn1c(C)c(C)sc1=NC(=NOC)c1cc(Cl)ccc1OC. The highest BCUT2D eigenvalue weighted by Gasteiger charge is 2.13. The van der Waals surface area contributed by atoms with Crippen LogP contribution in [0.25, 0.3) is 0 Å². The summed E-state index contributed by atoms with van der Waals surface area (Å²) in [5, 5.41) is 4.69. The predicted octanol–water partition coefficient (Wildman–Crippen LogP) is 4.54. The van der Waals surface area contributed by atoms with Gasteiger partial charge in [0.25, 0.3) is 0 Å². The van der Waals surface area contributed by atoms with E-state index in [1.54, 1.807) is 36.6 Å². The lowest BCUT2D eigenvalue weighted by Gasteiger charge is -2.09. The van der Waals surface area contributed by atoms with E-state index in [0.29, 0.717) is 22.2 Å². The first-order valence-electron chi connectivity index (χ1n) is 8.18. The van der Waals surface area contributed by atoms with E-state index >= 15 is 0 Å². The predicted molar refractivity (Wildman–Crippen MR) is 104 cm³/mol. The molecule has 136 valence electrons. The first-order valence-corrected chi connectivity index (χ1v) is 9.37. The average molecular weight is 382 g/mol. The lowest BCUT2D eigenvalue weighted by molar-refractivity contribution is 0.213. The molecule has 1 aromatic carbocycles. The average Bonchev–Trinajstić information content (AvgIpc) is 2.86. The summed E-state index contributed by atoms with van der Waals surface area (Å²) in [6, 6.07) is 5.36. The number of thiazole rings is 1. The number of methoxy groups -OCH3 is 1. The van der Waals surface area contributed by atoms with E-state index in [-0.39, 0.29) is 0 Å². The highest BCUT2D eigenvalue weighted by atomic mass is 35.5. The number of hydrogen-bond acceptors (Lipinski definition) is 4. The molecule has 2 aromatic rings. The standard InChI is InChI=1S/C18H24ClN3O2S/c1-6-7-10-22-12(2)13(3)25-18(22)20-17(21-24-5)15-11-14(19)8-9-16(15)23-4/h8-9,11H,6-7,10H2,1-5H3. The maximum Gasteiger partial charge on any atom is 0.205 e. The monoisotopic (exact) mass is 381 g/mol. The summed E-state index contributed by atoms with van der Waals surface area (Å²) in [6.45, 7) is 7.33. The molecule has 1 heterocycles. The Morgan fingerprint density at radius 3 is 2.68 bits per heavy atom. The van der Waals surface area contributed by atoms with Crippen LogP contribution in [0, 0.1) is 13.8 Å². The van der Waals surface area contributed by atoms with Crippen LogP contribution >= 0.6 is 22.9 Å². The molecule has 0 radical (unpaired) electrons. The van der Waals surface area contributed by atoms with E-state index in [2.05, 4.69) is 30.5 Å². The number of ether oxygens (including phenoxy) is 1. The third-order valence-electron chi connectivity index (χ3n) is 3.91. The molecule has 0 fully saturated rings. The zero-order valence-corrected chi connectivity index (χ0v) is 16.9. The minimum Gasteiger partial charge on any atom is -0.496 e. The van der Waals surface area contributed by atoms with Gasteiger partial charge >= 0.3 is 0 Å². The molecule has 2 rings (SSSR count). The number of rotatable bonds is 6. The van der Waals surface area contributed by atoms with E-state index in [1.165, 1.54) is 17.7 Å². The summed E-state index contributed by atoms with van der Waals surface area (Å²) < 4.78 is 7.66. The van der Waals surface area contributed by atoms with Gasteiger partial charge in [-0.2, -0.15) is 4.99 Å². The summed E-state index contributed by atoms with van der Waals surface area (Å²) in [4.78, 5) is 11.9. The fourth-order valence-corrected chi connectivity index (χ4v) is 3.60. The van der Waals surface area contributed by atoms with Crippen molar-refractivity contribution in [2.75, 3.05) is 14.2 Å². The normalized spacial score (nSPS) is 12.6. The fraction of sp³-hybridized carbons (Fsp3) is 0.444. The van der Waals surface area contributed by atoms with Crippen molar-refractivity contribution in [2.24, 2.45) is 10.1 Å². The Hall–Kier alpha value is -1.79. The van der Waals surface area contributed by atoms with Gasteiger partial charge in [-0.15, -0.1) is 11.3 Å². The molecule has 0 amide bonds. The minimum absolute atomic E-state index is 0.438. The largest absolute Gasteiger partial charge is 0.496 e. The molecule has 0 saturated heterocycles. The first-order chi connectivity index (χ1) is 12.0. The Morgan fingerprint density at radius 1 is 1.28 bits per heavy atom. The van der Waals surface area contributed by atoms with Gasteiger partial charge in [0.15, 0.2) is 4.80 Å². The lowest BCUT2D eigenvalue weighted by atomic mass is 10.2. The Bertz CT molecular complexity index is 824. The summed E-state index contributed by atoms with van der Waals surface area (Å²) in [6.07, 6.45) is 2.23. The smallest absolute Gasteiger partial charge is 0.205 e. The molecule has 0 saturated carbocycles. The molecule has 1 aromatic heterocycles. The van der Waals surface area contributed by atoms with Gasteiger partial charge < -0.3 is 14.1 Å². The number of unbranched alkanes of at least 4 members (excludes halogenated alkanes) is 1. The highest BCUT2D eigenvalue weighted by Crippen LogP contribution is 2.24. The zero-order valence-electron chi connectivity index (χ0n) is 15.3. The van der Waals surface area contributed by atoms with Gasteiger partial charge in [0.1, 0.15) is 12.9 Å². The quantitative estimate of drug-likeness (QED) is 0.419. The van der Waals surface area contributed by atoms with Crippen molar-refractivity contribution in [1.29, 1.82) is 0 Å². The minimum atomic E-state index is 0.438. The van der Waals surface area contributed by atoms with Gasteiger partial charge in [0.2, 0.25) is 5.84 Å². The molecule has 0 N–H and O–H groups in total. The fourth-order valence-electron chi connectivity index (χ4n) is 2.42. The number of oxime groups is 1. The van der Waals surface area contributed by atoms with Crippen LogP contribution < -0.4 is 9.54 Å². The maximum absolute atomic E-state index is 6.15. The third-order valence-corrected chi connectivity index (χ3v) is 5.24. The van der Waals surface area contributed by atoms with Gasteiger partial charge in [-0.05, 0) is 38.5 Å². The van der Waals surface area contributed by atoms with Gasteiger partial charge in [-0.3, -0.25) is 0 Å². The number of hydrogen-bond donors (Lipinski definition) is 0. The van der Waals surface area contributed by atoms with Crippen molar-refractivity contribution in [2.45, 2.75) is 40.2 Å². The second-order valence-corrected chi connectivity index (χ2v) is 7.20. The second-order valence-electron chi connectivity index (χ2n) is 5.59. The molecule has 0 spiro atoms. The second kappa shape index (κ2) is 9.06. The molecule has 0 bridgehead atoms. The molecular formula is C18H24ClN3O2S. The molecular weight excluding hydrogens is 358 g/mol. The Morgan fingerprint density at radius 2 is 2.04 bits per heavy atom. The number of halogens is 1. The van der Waals surface area contributed by atoms with Gasteiger partial charge in [-0.25, -0.2) is 0 Å². The van der Waals surface area contributed by atoms with Crippen LogP contribution in [0.2, 0.25) is 5.02 Å². The van der Waals surface area contributed by atoms with Crippen LogP contribution in [0.4, 0.5) is 0 Å². The van der Waals surface area contributed by atoms with Crippen LogP contribution in [-0.4, -0.2) is 24.6 Å². The molecule has 7 heteroatoms. The molecule has 25 heavy (non-hydrogen) atoms. The number of benzene rings is 1. The maximum atomic E-state index is 6.15. The van der Waals surface area contributed by atoms with Crippen molar-refractivity contribution in [1.82, 2.24) is 4.57 Å². The van der Waals surface area contributed by atoms with Gasteiger partial charge in [0, 0.05) is 22.1 Å². The van der Waals surface area contributed by atoms with Crippen LogP contribution in [0.5, 0.6) is 5.75 Å². The van der Waals surface area contributed by atoms with Gasteiger partial charge in [-0.1, -0.05) is 30.1 Å². The zero-order chi connectivity index (χ0) is 18.4. The summed E-state index contributed by atoms with van der Waals surface area (Å²) in [7, 11) is 3.11. The summed E-state index contributed by atoms with van der Waals surface area (Å²) in [5.74, 6) is 1.09. The number of aryl methyl sites for hydroxylation is 1. The van der Waals surface area contributed by atoms with E-state index in [4.69, 9.17) is 26.2 Å². The third kappa shape index (κ3) is 4.64. The first kappa shape index (κ1) is 19.5. The number of aromatic nitrogens is 1. The van der Waals surface area contributed by atoms with Crippen LogP contribution in [0.15, 0.2) is 28.3 Å². The van der Waals surface area contributed by atoms with Crippen molar-refractivity contribution < 1.29 is 9.57 Å². The van der Waals surface area contributed by atoms with E-state index < -0.39 is 0 Å². The molecule has 0 atom stereocenters. The molecule has 0 aliphatic rings. The van der Waals surface area contributed by atoms with Crippen molar-refractivity contribution in [3.05, 3.63) is 44.2 Å². The van der Waals surface area contributed by atoms with E-state index in [1.807, 2.05) is 0 Å². The van der Waals surface area contributed by atoms with E-state index in [9.17, 15) is 0 Å². The van der Waals surface area contributed by atoms with Crippen molar-refractivity contribution in [3.8, 4) is 5.75 Å². The Balaban J connectivity index is 2.61. The van der Waals surface area contributed by atoms with Crippen molar-refractivity contribution in [3.63, 3.8) is 0 Å². The van der Waals surface area contributed by atoms with E-state index in [0.717, 1.165) is 24.2 Å². The van der Waals surface area contributed by atoms with Crippen LogP contribution in [0.1, 0.15) is 35.9 Å². The molecule has 0 aliphatic carbocycles. The number of amidine groups is 1. The Kier molecular flexibility index (Phi) is 7.08. The van der Waals surface area contributed by atoms with Crippen LogP contribution in [0.3, 0.4) is 0 Å². The molecule has 5 nitrogen and oxygen atoms in total. The van der Waals surface area contributed by atoms with Crippen molar-refractivity contribution >= 4 is 28.8 Å². The lowest BCUT2D eigenvalue weighted by Crippen LogP contribution is -2.19. The summed E-state index contributed by atoms with van der Waals surface area (Å²) in [5.41, 5.74) is 1.93. The van der Waals surface area contributed by atoms with Gasteiger partial charge in [0.05, 0.1) is 12.7 Å². The van der Waals surface area contributed by atoms with Crippen LogP contribution in [-0.2, 0) is 11.4 Å². The summed E-state index contributed by atoms with van der Waals surface area (Å²) >= 11 is 7.80. The molecule has 0 aliphatic heterocycles. The number of nitrogens with zero attached hydrogens (tertiary/aromatic N) is 3.